The number of hydrogen-bond acceptors (Lipinski definition) is 4. The van der Waals surface area contributed by atoms with Gasteiger partial charge in [0.2, 0.25) is 10.0 Å². The number of carbonyl (C=O) groups is 1. The van der Waals surface area contributed by atoms with Gasteiger partial charge in [-0.1, -0.05) is 13.3 Å². The average molecular weight is 322 g/mol. The first kappa shape index (κ1) is 16.3. The summed E-state index contributed by atoms with van der Waals surface area (Å²) in [6.45, 7) is 2.40. The molecule has 0 saturated heterocycles. The van der Waals surface area contributed by atoms with Crippen molar-refractivity contribution in [3.05, 3.63) is 48.4 Å². The largest absolute Gasteiger partial charge is 0.459 e. The van der Waals surface area contributed by atoms with E-state index >= 15 is 0 Å². The third-order valence-electron chi connectivity index (χ3n) is 2.99. The van der Waals surface area contributed by atoms with E-state index in [-0.39, 0.29) is 16.6 Å². The Morgan fingerprint density at radius 1 is 1.18 bits per heavy atom. The molecule has 1 aromatic heterocycles. The maximum absolute atomic E-state index is 12.0. The molecule has 2 rings (SSSR count). The number of benzene rings is 1. The van der Waals surface area contributed by atoms with Gasteiger partial charge >= 0.3 is 0 Å². The summed E-state index contributed by atoms with van der Waals surface area (Å²) in [5.74, 6) is -0.195. The molecule has 0 aliphatic heterocycles. The summed E-state index contributed by atoms with van der Waals surface area (Å²) in [6, 6.07) is 9.14. The number of unbranched alkanes of at least 4 members (excludes halogenated alkanes) is 1. The zero-order valence-corrected chi connectivity index (χ0v) is 13.0. The molecule has 22 heavy (non-hydrogen) atoms. The van der Waals surface area contributed by atoms with Gasteiger partial charge in [-0.2, -0.15) is 0 Å². The van der Waals surface area contributed by atoms with Gasteiger partial charge in [0, 0.05) is 12.2 Å². The van der Waals surface area contributed by atoms with Crippen molar-refractivity contribution in [3.63, 3.8) is 0 Å². The minimum atomic E-state index is -3.50. The van der Waals surface area contributed by atoms with Crippen molar-refractivity contribution < 1.29 is 17.6 Å². The van der Waals surface area contributed by atoms with E-state index in [1.165, 1.54) is 30.5 Å². The second kappa shape index (κ2) is 7.24. The summed E-state index contributed by atoms with van der Waals surface area (Å²) in [7, 11) is -3.50. The number of nitrogens with one attached hydrogen (secondary N) is 2. The number of rotatable bonds is 7. The monoisotopic (exact) mass is 322 g/mol. The van der Waals surface area contributed by atoms with Crippen LogP contribution in [0.5, 0.6) is 0 Å². The third kappa shape index (κ3) is 4.19. The highest BCUT2D eigenvalue weighted by Gasteiger charge is 2.14. The smallest absolute Gasteiger partial charge is 0.291 e. The number of furan rings is 1. The van der Waals surface area contributed by atoms with Gasteiger partial charge in [-0.3, -0.25) is 4.79 Å². The van der Waals surface area contributed by atoms with Crippen LogP contribution in [-0.2, 0) is 10.0 Å². The Hall–Kier alpha value is -2.12. The SMILES string of the molecule is CCCCNS(=O)(=O)c1ccc(NC(=O)c2ccco2)cc1. The molecule has 0 fully saturated rings. The molecule has 118 valence electrons. The van der Waals surface area contributed by atoms with E-state index in [1.807, 2.05) is 6.92 Å². The van der Waals surface area contributed by atoms with Crippen LogP contribution in [0, 0.1) is 0 Å². The Kier molecular flexibility index (Phi) is 5.35. The van der Waals surface area contributed by atoms with Crippen molar-refractivity contribution >= 4 is 21.6 Å². The highest BCUT2D eigenvalue weighted by atomic mass is 32.2. The van der Waals surface area contributed by atoms with Crippen LogP contribution in [0.15, 0.2) is 52.0 Å². The van der Waals surface area contributed by atoms with Gasteiger partial charge in [0.1, 0.15) is 0 Å². The fraction of sp³-hybridized carbons (Fsp3) is 0.267. The van der Waals surface area contributed by atoms with Crippen molar-refractivity contribution in [1.29, 1.82) is 0 Å². The predicted molar refractivity (Wildman–Crippen MR) is 83.2 cm³/mol. The highest BCUT2D eigenvalue weighted by Crippen LogP contribution is 2.15. The van der Waals surface area contributed by atoms with Gasteiger partial charge < -0.3 is 9.73 Å². The Labute approximate surface area is 129 Å². The molecule has 1 aromatic carbocycles. The molecule has 6 nitrogen and oxygen atoms in total. The van der Waals surface area contributed by atoms with Crippen LogP contribution in [0.1, 0.15) is 30.3 Å². The molecule has 0 spiro atoms. The van der Waals surface area contributed by atoms with E-state index in [0.717, 1.165) is 12.8 Å². The molecule has 0 radical (unpaired) electrons. The van der Waals surface area contributed by atoms with Crippen molar-refractivity contribution in [2.75, 3.05) is 11.9 Å². The molecule has 2 aromatic rings. The van der Waals surface area contributed by atoms with Crippen molar-refractivity contribution in [2.24, 2.45) is 0 Å². The van der Waals surface area contributed by atoms with Crippen LogP contribution in [0.3, 0.4) is 0 Å². The minimum absolute atomic E-state index is 0.166. The Balaban J connectivity index is 2.02. The number of hydrogen-bond donors (Lipinski definition) is 2. The lowest BCUT2D eigenvalue weighted by Gasteiger charge is -2.07. The molecule has 2 N–H and O–H groups in total. The first-order chi connectivity index (χ1) is 10.5. The minimum Gasteiger partial charge on any atom is -0.459 e. The summed E-state index contributed by atoms with van der Waals surface area (Å²) >= 11 is 0. The van der Waals surface area contributed by atoms with Crippen LogP contribution in [-0.4, -0.2) is 20.9 Å². The van der Waals surface area contributed by atoms with Gasteiger partial charge in [0.05, 0.1) is 11.2 Å². The fourth-order valence-corrected chi connectivity index (χ4v) is 2.86. The number of carbonyl (C=O) groups excluding carboxylic acids is 1. The number of sulfonamides is 1. The summed E-state index contributed by atoms with van der Waals surface area (Å²) < 4.78 is 31.5. The average Bonchev–Trinajstić information content (AvgIpc) is 3.02. The molecule has 7 heteroatoms. The molecular formula is C15H18N2O4S. The molecular weight excluding hydrogens is 304 g/mol. The van der Waals surface area contributed by atoms with E-state index < -0.39 is 10.0 Å². The van der Waals surface area contributed by atoms with Gasteiger partial charge in [0.15, 0.2) is 5.76 Å². The van der Waals surface area contributed by atoms with Crippen molar-refractivity contribution in [1.82, 2.24) is 4.72 Å². The number of anilines is 1. The van der Waals surface area contributed by atoms with Crippen molar-refractivity contribution in [3.8, 4) is 0 Å². The second-order valence-electron chi connectivity index (χ2n) is 4.71. The summed E-state index contributed by atoms with van der Waals surface area (Å²) in [6.07, 6.45) is 3.11. The maximum atomic E-state index is 12.0. The normalized spacial score (nSPS) is 11.3. The lowest BCUT2D eigenvalue weighted by molar-refractivity contribution is 0.0996. The Morgan fingerprint density at radius 3 is 2.50 bits per heavy atom. The van der Waals surface area contributed by atoms with Crippen LogP contribution in [0.25, 0.3) is 0 Å². The molecule has 0 saturated carbocycles. The summed E-state index contributed by atoms with van der Waals surface area (Å²) in [4.78, 5) is 12.0. The van der Waals surface area contributed by atoms with Gasteiger partial charge in [-0.25, -0.2) is 13.1 Å². The molecule has 0 unspecified atom stereocenters. The van der Waals surface area contributed by atoms with Crippen LogP contribution >= 0.6 is 0 Å². The molecule has 0 bridgehead atoms. The van der Waals surface area contributed by atoms with Crippen LogP contribution in [0.4, 0.5) is 5.69 Å². The second-order valence-corrected chi connectivity index (χ2v) is 6.47. The van der Waals surface area contributed by atoms with Gasteiger partial charge in [-0.15, -0.1) is 0 Å². The molecule has 1 amide bonds. The van der Waals surface area contributed by atoms with E-state index in [1.54, 1.807) is 12.1 Å². The standard InChI is InChI=1S/C15H18N2O4S/c1-2-3-10-16-22(19,20)13-8-6-12(7-9-13)17-15(18)14-5-4-11-21-14/h4-9,11,16H,2-3,10H2,1H3,(H,17,18). The van der Waals surface area contributed by atoms with Crippen LogP contribution < -0.4 is 10.0 Å². The fourth-order valence-electron chi connectivity index (χ4n) is 1.78. The van der Waals surface area contributed by atoms with E-state index in [9.17, 15) is 13.2 Å². The van der Waals surface area contributed by atoms with E-state index in [0.29, 0.717) is 12.2 Å². The first-order valence-corrected chi connectivity index (χ1v) is 8.46. The molecule has 1 heterocycles. The summed E-state index contributed by atoms with van der Waals surface area (Å²) in [5, 5.41) is 2.63. The zero-order chi connectivity index (χ0) is 16.0. The quantitative estimate of drug-likeness (QED) is 0.767. The first-order valence-electron chi connectivity index (χ1n) is 6.97. The predicted octanol–water partition coefficient (Wildman–Crippen LogP) is 2.61. The van der Waals surface area contributed by atoms with Crippen molar-refractivity contribution in [2.45, 2.75) is 24.7 Å². The zero-order valence-electron chi connectivity index (χ0n) is 12.2. The lowest BCUT2D eigenvalue weighted by atomic mass is 10.3. The Morgan fingerprint density at radius 2 is 1.91 bits per heavy atom. The maximum Gasteiger partial charge on any atom is 0.291 e. The van der Waals surface area contributed by atoms with Gasteiger partial charge in [-0.05, 0) is 42.8 Å². The lowest BCUT2D eigenvalue weighted by Crippen LogP contribution is -2.24. The topological polar surface area (TPSA) is 88.4 Å². The molecule has 0 atom stereocenters. The van der Waals surface area contributed by atoms with Gasteiger partial charge in [0.25, 0.3) is 5.91 Å². The Bertz CT molecular complexity index is 707. The van der Waals surface area contributed by atoms with Crippen LogP contribution in [0.2, 0.25) is 0 Å². The molecule has 0 aliphatic rings. The van der Waals surface area contributed by atoms with E-state index in [4.69, 9.17) is 4.42 Å². The molecule has 0 aliphatic carbocycles. The number of amides is 1. The third-order valence-corrected chi connectivity index (χ3v) is 4.47. The summed E-state index contributed by atoms with van der Waals surface area (Å²) in [5.41, 5.74) is 0.494. The highest BCUT2D eigenvalue weighted by molar-refractivity contribution is 7.89. The van der Waals surface area contributed by atoms with E-state index in [2.05, 4.69) is 10.0 Å².